The highest BCUT2D eigenvalue weighted by Crippen LogP contribution is 2.43. The van der Waals surface area contributed by atoms with Crippen molar-refractivity contribution in [3.63, 3.8) is 0 Å². The molecule has 3 aromatic heterocycles. The lowest BCUT2D eigenvalue weighted by Gasteiger charge is -2.39. The molecular formula is C47H52ClN9O6S. The molecule has 3 aliphatic rings. The topological polar surface area (TPSA) is 172 Å². The Balaban J connectivity index is 0.970. The lowest BCUT2D eigenvalue weighted by molar-refractivity contribution is -0.386. The second kappa shape index (κ2) is 17.6. The van der Waals surface area contributed by atoms with Gasteiger partial charge in [-0.25, -0.2) is 23.1 Å². The summed E-state index contributed by atoms with van der Waals surface area (Å²) in [4.78, 5) is 41.3. The highest BCUT2D eigenvalue weighted by molar-refractivity contribution is 7.90. The number of fused-ring (bicyclic) bond motifs is 2. The second-order valence-corrected chi connectivity index (χ2v) is 20.3. The predicted octanol–water partition coefficient (Wildman–Crippen LogP) is 8.09. The lowest BCUT2D eigenvalue weighted by Crippen LogP contribution is -2.47. The number of piperazine rings is 1. The Bertz CT molecular complexity index is 2880. The van der Waals surface area contributed by atoms with Crippen LogP contribution in [0, 0.1) is 21.4 Å². The largest absolute Gasteiger partial charge is 0.487 e. The fourth-order valence-electron chi connectivity index (χ4n) is 9.21. The maximum atomic E-state index is 14.2. The third-order valence-electron chi connectivity index (χ3n) is 13.0. The Morgan fingerprint density at radius 3 is 2.52 bits per heavy atom. The van der Waals surface area contributed by atoms with E-state index in [1.54, 1.807) is 23.1 Å². The Labute approximate surface area is 377 Å². The van der Waals surface area contributed by atoms with Crippen LogP contribution in [-0.4, -0.2) is 108 Å². The first-order valence-electron chi connectivity index (χ1n) is 21.8. The molecule has 5 heterocycles. The number of hydrogen-bond donors (Lipinski definition) is 2. The van der Waals surface area contributed by atoms with Crippen LogP contribution in [0.25, 0.3) is 33.3 Å². The number of aromatic amines is 1. The number of ether oxygens (including phenoxy) is 1. The van der Waals surface area contributed by atoms with Crippen molar-refractivity contribution < 1.29 is 22.9 Å². The van der Waals surface area contributed by atoms with Gasteiger partial charge in [0.25, 0.3) is 15.9 Å². The molecule has 334 valence electrons. The first-order valence-corrected chi connectivity index (χ1v) is 23.6. The standard InChI is InChI=1S/C47H52ClN9O6S/c1-47(2)16-12-34(39(27-47)32-4-6-35(48)7-5-32)29-54-20-22-55(23-21-54)36-8-10-38(41(25-36)56-42-24-33-13-17-49-45(33)51-40(42)28-50-56)46(58)52-64(61,62)37-9-11-44(43(26-37)57(59)60)63-30-31-14-18-53(3)19-15-31/h4-11,13,17,24-26,28,31,50H,12,14-16,18-23,27,29-30H2,1-3H3,(H,52,58). The molecule has 3 aromatic carbocycles. The first-order chi connectivity index (χ1) is 30.7. The molecule has 0 atom stereocenters. The number of piperidine rings is 1. The van der Waals surface area contributed by atoms with E-state index < -0.39 is 31.4 Å². The summed E-state index contributed by atoms with van der Waals surface area (Å²) in [5, 5.41) is 16.9. The number of allylic oxidation sites excluding steroid dienone is 1. The fraction of sp³-hybridized carbons (Fsp3) is 0.383. The second-order valence-electron chi connectivity index (χ2n) is 18.1. The van der Waals surface area contributed by atoms with Crippen molar-refractivity contribution in [3.05, 3.63) is 117 Å². The fourth-order valence-corrected chi connectivity index (χ4v) is 10.3. The van der Waals surface area contributed by atoms with E-state index in [0.717, 1.165) is 100 Å². The van der Waals surface area contributed by atoms with Gasteiger partial charge in [-0.3, -0.25) is 29.6 Å². The van der Waals surface area contributed by atoms with Crippen molar-refractivity contribution in [2.45, 2.75) is 50.8 Å². The molecule has 2 saturated heterocycles. The number of anilines is 1. The number of nitro groups is 1. The Hall–Kier alpha value is -5.81. The van der Waals surface area contributed by atoms with E-state index in [1.165, 1.54) is 28.8 Å². The number of amides is 1. The number of likely N-dealkylation sites (tertiary alicyclic amines) is 1. The zero-order chi connectivity index (χ0) is 44.8. The number of nitrogens with one attached hydrogen (secondary N) is 2. The number of rotatable bonds is 12. The van der Waals surface area contributed by atoms with E-state index in [-0.39, 0.29) is 29.3 Å². The number of hydrogen-bond acceptors (Lipinski definition) is 11. The van der Waals surface area contributed by atoms with E-state index in [2.05, 4.69) is 60.5 Å². The average Bonchev–Trinajstić information content (AvgIpc) is 3.92. The Morgan fingerprint density at radius 1 is 1.00 bits per heavy atom. The van der Waals surface area contributed by atoms with Gasteiger partial charge < -0.3 is 14.5 Å². The van der Waals surface area contributed by atoms with Crippen molar-refractivity contribution in [1.29, 1.82) is 0 Å². The van der Waals surface area contributed by atoms with Crippen molar-refractivity contribution in [1.82, 2.24) is 34.3 Å². The van der Waals surface area contributed by atoms with Gasteiger partial charge in [0.15, 0.2) is 11.4 Å². The molecule has 2 N–H and O–H groups in total. The van der Waals surface area contributed by atoms with E-state index >= 15 is 0 Å². The molecule has 2 aliphatic heterocycles. The van der Waals surface area contributed by atoms with Gasteiger partial charge >= 0.3 is 5.69 Å². The van der Waals surface area contributed by atoms with Crippen molar-refractivity contribution >= 4 is 66.5 Å². The molecule has 1 amide bonds. The molecule has 6 aromatic rings. The van der Waals surface area contributed by atoms with Crippen molar-refractivity contribution in [2.75, 3.05) is 64.4 Å². The smallest absolute Gasteiger partial charge is 0.312 e. The Kier molecular flexibility index (Phi) is 12.0. The van der Waals surface area contributed by atoms with E-state index in [1.807, 2.05) is 43.4 Å². The number of halogens is 1. The normalized spacial score (nSPS) is 17.9. The van der Waals surface area contributed by atoms with Crippen LogP contribution in [0.2, 0.25) is 5.02 Å². The SMILES string of the molecule is CN1CCC(COc2ccc(S(=O)(=O)NC(=O)c3ccc(N4CCN(CC5=C(c6ccc(Cl)cc6)CC(C)(C)CC5)CC4)cc3-n3[nH]cc4nc5nccc5cc43)cc2[N+](=O)[O-])CC1. The quantitative estimate of drug-likeness (QED) is 0.0899. The van der Waals surface area contributed by atoms with Gasteiger partial charge in [0.05, 0.1) is 33.2 Å². The molecule has 0 radical (unpaired) electrons. The summed E-state index contributed by atoms with van der Waals surface area (Å²) in [7, 11) is -2.53. The third-order valence-corrected chi connectivity index (χ3v) is 14.6. The van der Waals surface area contributed by atoms with Gasteiger partial charge in [-0.05, 0) is 129 Å². The number of carbonyl (C=O) groups excluding carboxylic acids is 1. The molecule has 15 nitrogen and oxygen atoms in total. The van der Waals surface area contributed by atoms with Crippen LogP contribution in [0.5, 0.6) is 5.75 Å². The van der Waals surface area contributed by atoms with Crippen LogP contribution in [0.1, 0.15) is 61.9 Å². The van der Waals surface area contributed by atoms with Crippen molar-refractivity contribution in [3.8, 4) is 11.4 Å². The highest BCUT2D eigenvalue weighted by atomic mass is 35.5. The number of sulfonamides is 1. The molecule has 0 unspecified atom stereocenters. The molecule has 9 rings (SSSR count). The average molecular weight is 907 g/mol. The third kappa shape index (κ3) is 9.23. The van der Waals surface area contributed by atoms with Gasteiger partial charge in [-0.15, -0.1) is 0 Å². The molecule has 0 saturated carbocycles. The maximum absolute atomic E-state index is 14.2. The van der Waals surface area contributed by atoms with E-state index in [9.17, 15) is 23.3 Å². The summed E-state index contributed by atoms with van der Waals surface area (Å²) in [5.41, 5.74) is 7.01. The highest BCUT2D eigenvalue weighted by Gasteiger charge is 2.31. The van der Waals surface area contributed by atoms with Gasteiger partial charge in [0, 0.05) is 67.3 Å². The van der Waals surface area contributed by atoms with Crippen LogP contribution in [-0.2, 0) is 10.0 Å². The summed E-state index contributed by atoms with van der Waals surface area (Å²) in [5.74, 6) is -0.701. The minimum atomic E-state index is -4.58. The number of pyridine rings is 1. The molecule has 0 bridgehead atoms. The van der Waals surface area contributed by atoms with Gasteiger partial charge in [-0.1, -0.05) is 43.2 Å². The molecule has 0 spiro atoms. The first kappa shape index (κ1) is 43.4. The molecule has 64 heavy (non-hydrogen) atoms. The zero-order valence-corrected chi connectivity index (χ0v) is 37.8. The summed E-state index contributed by atoms with van der Waals surface area (Å²) in [6, 6.07) is 20.7. The Morgan fingerprint density at radius 2 is 1.77 bits per heavy atom. The minimum absolute atomic E-state index is 0.0246. The summed E-state index contributed by atoms with van der Waals surface area (Å²) in [6.07, 6.45) is 8.39. The number of nitro benzene ring substituents is 1. The lowest BCUT2D eigenvalue weighted by atomic mass is 9.72. The van der Waals surface area contributed by atoms with Crippen LogP contribution < -0.4 is 14.4 Å². The molecule has 1 aliphatic carbocycles. The minimum Gasteiger partial charge on any atom is -0.487 e. The molecular weight excluding hydrogens is 854 g/mol. The monoisotopic (exact) mass is 905 g/mol. The van der Waals surface area contributed by atoms with Gasteiger partial charge in [0.1, 0.15) is 5.52 Å². The van der Waals surface area contributed by atoms with Gasteiger partial charge in [-0.2, -0.15) is 0 Å². The molecule has 2 fully saturated rings. The van der Waals surface area contributed by atoms with Gasteiger partial charge in [0.2, 0.25) is 0 Å². The summed E-state index contributed by atoms with van der Waals surface area (Å²) < 4.78 is 37.5. The van der Waals surface area contributed by atoms with Crippen LogP contribution in [0.3, 0.4) is 0 Å². The number of aromatic nitrogens is 4. The number of carbonyl (C=O) groups is 1. The molecule has 17 heteroatoms. The number of H-pyrrole nitrogens is 1. The predicted molar refractivity (Wildman–Crippen MR) is 249 cm³/mol. The number of benzene rings is 3. The zero-order valence-electron chi connectivity index (χ0n) is 36.2. The van der Waals surface area contributed by atoms with Crippen LogP contribution >= 0.6 is 11.6 Å². The summed E-state index contributed by atoms with van der Waals surface area (Å²) in [6.45, 7) is 10.8. The number of nitrogens with zero attached hydrogens (tertiary/aromatic N) is 7. The van der Waals surface area contributed by atoms with Crippen molar-refractivity contribution in [2.24, 2.45) is 11.3 Å². The summed E-state index contributed by atoms with van der Waals surface area (Å²) >= 11 is 6.26. The maximum Gasteiger partial charge on any atom is 0.312 e. The van der Waals surface area contributed by atoms with E-state index in [0.29, 0.717) is 22.4 Å². The van der Waals surface area contributed by atoms with Crippen LogP contribution in [0.4, 0.5) is 11.4 Å². The van der Waals surface area contributed by atoms with Crippen LogP contribution in [0.15, 0.2) is 95.7 Å². The van der Waals surface area contributed by atoms with E-state index in [4.69, 9.17) is 16.3 Å².